The minimum absolute atomic E-state index is 0.0458. The second kappa shape index (κ2) is 6.69. The second-order valence-corrected chi connectivity index (χ2v) is 8.84. The molecular formula is C22H31NO4. The number of ether oxygens (including phenoxy) is 3. The zero-order valence-corrected chi connectivity index (χ0v) is 16.8. The van der Waals surface area contributed by atoms with Crippen LogP contribution in [0.15, 0.2) is 24.3 Å². The summed E-state index contributed by atoms with van der Waals surface area (Å²) in [6.45, 7) is 10.4. The molecule has 2 fully saturated rings. The van der Waals surface area contributed by atoms with Gasteiger partial charge >= 0.3 is 6.09 Å². The zero-order valence-electron chi connectivity index (χ0n) is 16.8. The van der Waals surface area contributed by atoms with Crippen LogP contribution in [0.25, 0.3) is 0 Å². The van der Waals surface area contributed by atoms with Gasteiger partial charge in [-0.3, -0.25) is 0 Å². The fraction of sp³-hybridized carbons (Fsp3) is 0.682. The van der Waals surface area contributed by atoms with E-state index in [4.69, 9.17) is 14.2 Å². The van der Waals surface area contributed by atoms with Gasteiger partial charge in [-0.05, 0) is 37.7 Å². The first-order valence-corrected chi connectivity index (χ1v) is 10.2. The number of amides is 1. The number of para-hydroxylation sites is 1. The van der Waals surface area contributed by atoms with E-state index in [1.165, 1.54) is 0 Å². The first-order chi connectivity index (χ1) is 12.9. The largest absolute Gasteiger partial charge is 0.487 e. The molecule has 5 heteroatoms. The Bertz CT molecular complexity index is 722. The number of carbonyl (C=O) groups excluding carboxylic acids is 1. The number of fused-ring (bicyclic) bond motifs is 3. The van der Waals surface area contributed by atoms with E-state index in [-0.39, 0.29) is 29.1 Å². The lowest BCUT2D eigenvalue weighted by Gasteiger charge is -2.63. The molecule has 1 aliphatic carbocycles. The van der Waals surface area contributed by atoms with Gasteiger partial charge < -0.3 is 19.5 Å². The molecule has 0 unspecified atom stereocenters. The van der Waals surface area contributed by atoms with E-state index in [1.54, 1.807) is 0 Å². The number of benzene rings is 1. The third kappa shape index (κ3) is 2.82. The Hall–Kier alpha value is -1.75. The quantitative estimate of drug-likeness (QED) is 0.854. The van der Waals surface area contributed by atoms with Crippen LogP contribution in [0.2, 0.25) is 0 Å². The Labute approximate surface area is 161 Å². The first kappa shape index (κ1) is 18.6. The molecule has 0 spiro atoms. The van der Waals surface area contributed by atoms with Crippen LogP contribution in [0.3, 0.4) is 0 Å². The highest BCUT2D eigenvalue weighted by Gasteiger charge is 2.64. The molecule has 3 aliphatic rings. The third-order valence-corrected chi connectivity index (χ3v) is 7.26. The number of carbonyl (C=O) groups is 1. The van der Waals surface area contributed by atoms with Crippen LogP contribution in [0, 0.1) is 23.2 Å². The predicted octanol–water partition coefficient (Wildman–Crippen LogP) is 4.32. The van der Waals surface area contributed by atoms with Crippen molar-refractivity contribution >= 4 is 6.09 Å². The van der Waals surface area contributed by atoms with Crippen LogP contribution in [-0.2, 0) is 9.47 Å². The minimum atomic E-state index is -0.327. The summed E-state index contributed by atoms with van der Waals surface area (Å²) in [6, 6.07) is 8.24. The molecule has 2 bridgehead atoms. The Balaban J connectivity index is 1.61. The Morgan fingerprint density at radius 2 is 2.11 bits per heavy atom. The maximum absolute atomic E-state index is 12.0. The van der Waals surface area contributed by atoms with Crippen molar-refractivity contribution in [2.24, 2.45) is 23.2 Å². The van der Waals surface area contributed by atoms with Gasteiger partial charge in [-0.1, -0.05) is 39.0 Å². The summed E-state index contributed by atoms with van der Waals surface area (Å²) in [5.74, 6) is 1.86. The van der Waals surface area contributed by atoms with E-state index in [0.29, 0.717) is 31.6 Å². The highest BCUT2D eigenvalue weighted by molar-refractivity contribution is 5.67. The van der Waals surface area contributed by atoms with Crippen molar-refractivity contribution in [1.29, 1.82) is 0 Å². The molecule has 1 N–H and O–H groups in total. The lowest BCUT2D eigenvalue weighted by molar-refractivity contribution is -0.259. The average molecular weight is 373 g/mol. The molecule has 6 atom stereocenters. The molecule has 1 saturated heterocycles. The Morgan fingerprint density at radius 1 is 1.33 bits per heavy atom. The van der Waals surface area contributed by atoms with Crippen LogP contribution in [-0.4, -0.2) is 31.5 Å². The fourth-order valence-corrected chi connectivity index (χ4v) is 5.73. The monoisotopic (exact) mass is 373 g/mol. The van der Waals surface area contributed by atoms with Crippen LogP contribution >= 0.6 is 0 Å². The van der Waals surface area contributed by atoms with Gasteiger partial charge in [0.2, 0.25) is 0 Å². The number of hydrogen-bond donors (Lipinski definition) is 1. The molecule has 2 heterocycles. The van der Waals surface area contributed by atoms with Crippen LogP contribution in [0.1, 0.15) is 52.2 Å². The molecule has 5 nitrogen and oxygen atoms in total. The van der Waals surface area contributed by atoms with E-state index >= 15 is 0 Å². The lowest BCUT2D eigenvalue weighted by Crippen LogP contribution is -2.66. The van der Waals surface area contributed by atoms with E-state index in [2.05, 4.69) is 32.2 Å². The van der Waals surface area contributed by atoms with Crippen molar-refractivity contribution in [2.45, 2.75) is 52.2 Å². The van der Waals surface area contributed by atoms with Crippen LogP contribution < -0.4 is 10.1 Å². The van der Waals surface area contributed by atoms with Crippen molar-refractivity contribution in [3.05, 3.63) is 29.8 Å². The summed E-state index contributed by atoms with van der Waals surface area (Å²) in [6.07, 6.45) is 1.56. The Kier molecular flexibility index (Phi) is 4.61. The van der Waals surface area contributed by atoms with E-state index in [1.807, 2.05) is 25.1 Å². The highest BCUT2D eigenvalue weighted by Crippen LogP contribution is 2.63. The summed E-state index contributed by atoms with van der Waals surface area (Å²) in [7, 11) is 0. The zero-order chi connectivity index (χ0) is 19.2. The standard InChI is InChI=1S/C22H31NO4/c1-5-10-23-20(24)26-13-22-12-25-19-16-8-6-7-9-17(16)27-21(4,11-14(22)2)18(19)15(22)3/h6-9,14-15,18-19H,5,10-13H2,1-4H3,(H,23,24)/t14-,15-,18+,19-,21-,22-/m0/s1. The van der Waals surface area contributed by atoms with Crippen molar-refractivity contribution in [3.8, 4) is 5.75 Å². The van der Waals surface area contributed by atoms with Gasteiger partial charge in [-0.25, -0.2) is 4.79 Å². The van der Waals surface area contributed by atoms with Gasteiger partial charge in [0, 0.05) is 23.4 Å². The maximum Gasteiger partial charge on any atom is 0.407 e. The molecule has 27 heavy (non-hydrogen) atoms. The molecule has 0 radical (unpaired) electrons. The molecule has 1 saturated carbocycles. The predicted molar refractivity (Wildman–Crippen MR) is 103 cm³/mol. The minimum Gasteiger partial charge on any atom is -0.487 e. The molecule has 148 valence electrons. The van der Waals surface area contributed by atoms with Crippen molar-refractivity contribution < 1.29 is 19.0 Å². The van der Waals surface area contributed by atoms with Crippen molar-refractivity contribution in [3.63, 3.8) is 0 Å². The third-order valence-electron chi connectivity index (χ3n) is 7.26. The second-order valence-electron chi connectivity index (χ2n) is 8.84. The normalized spacial score (nSPS) is 39.1. The molecule has 1 aromatic carbocycles. The summed E-state index contributed by atoms with van der Waals surface area (Å²) < 4.78 is 18.7. The number of rotatable bonds is 4. The number of hydrogen-bond acceptors (Lipinski definition) is 4. The Morgan fingerprint density at radius 3 is 2.89 bits per heavy atom. The highest BCUT2D eigenvalue weighted by atomic mass is 16.6. The summed E-state index contributed by atoms with van der Waals surface area (Å²) in [5, 5.41) is 2.81. The molecule has 0 aromatic heterocycles. The summed E-state index contributed by atoms with van der Waals surface area (Å²) in [5.41, 5.74) is 0.725. The molecule has 2 aliphatic heterocycles. The molecule has 1 aromatic rings. The molecule has 1 amide bonds. The van der Waals surface area contributed by atoms with Gasteiger partial charge in [-0.2, -0.15) is 0 Å². The van der Waals surface area contributed by atoms with Gasteiger partial charge in [0.05, 0.1) is 12.7 Å². The summed E-state index contributed by atoms with van der Waals surface area (Å²) >= 11 is 0. The number of alkyl carbamates (subject to hydrolysis) is 1. The number of nitrogens with one attached hydrogen (secondary N) is 1. The van der Waals surface area contributed by atoms with Crippen LogP contribution in [0.5, 0.6) is 5.75 Å². The van der Waals surface area contributed by atoms with Crippen LogP contribution in [0.4, 0.5) is 4.79 Å². The lowest BCUT2D eigenvalue weighted by atomic mass is 9.50. The SMILES string of the molecule is CCCNC(=O)OC[C@@]12CO[C@H]3c4ccccc4O[C@@](C)(C[C@@H]1C)[C@@H]3[C@@H]2C. The summed E-state index contributed by atoms with van der Waals surface area (Å²) in [4.78, 5) is 12.0. The average Bonchev–Trinajstić information content (AvgIpc) is 2.64. The van der Waals surface area contributed by atoms with Crippen molar-refractivity contribution in [2.75, 3.05) is 19.8 Å². The molecule has 4 rings (SSSR count). The van der Waals surface area contributed by atoms with Gasteiger partial charge in [0.1, 0.15) is 18.0 Å². The fourth-order valence-electron chi connectivity index (χ4n) is 5.73. The first-order valence-electron chi connectivity index (χ1n) is 10.2. The topological polar surface area (TPSA) is 56.8 Å². The molecular weight excluding hydrogens is 342 g/mol. The van der Waals surface area contributed by atoms with Crippen molar-refractivity contribution in [1.82, 2.24) is 5.32 Å². The van der Waals surface area contributed by atoms with Gasteiger partial charge in [0.25, 0.3) is 0 Å². The van der Waals surface area contributed by atoms with E-state index in [0.717, 1.165) is 24.2 Å². The van der Waals surface area contributed by atoms with E-state index in [9.17, 15) is 4.79 Å². The van der Waals surface area contributed by atoms with Gasteiger partial charge in [-0.15, -0.1) is 0 Å². The van der Waals surface area contributed by atoms with E-state index < -0.39 is 0 Å². The van der Waals surface area contributed by atoms with Gasteiger partial charge in [0.15, 0.2) is 0 Å². The maximum atomic E-state index is 12.0. The smallest absolute Gasteiger partial charge is 0.407 e.